The maximum absolute atomic E-state index is 12.7. The minimum Gasteiger partial charge on any atom is -0.492 e. The fourth-order valence-corrected chi connectivity index (χ4v) is 3.83. The molecule has 0 atom stereocenters. The van der Waals surface area contributed by atoms with E-state index in [0.29, 0.717) is 29.1 Å². The SMILES string of the molecule is C=CCn1c(=NC(=O)c2ccc(C(=O)OC)cc2)sc2cccc(OCC)c21. The Bertz CT molecular complexity index is 1090. The smallest absolute Gasteiger partial charge is 0.337 e. The van der Waals surface area contributed by atoms with Gasteiger partial charge in [-0.2, -0.15) is 4.99 Å². The van der Waals surface area contributed by atoms with Gasteiger partial charge in [-0.3, -0.25) is 4.79 Å². The van der Waals surface area contributed by atoms with Gasteiger partial charge in [-0.1, -0.05) is 23.5 Å². The molecular formula is C21H20N2O4S. The number of thiazole rings is 1. The minimum atomic E-state index is -0.451. The summed E-state index contributed by atoms with van der Waals surface area (Å²) in [6.07, 6.45) is 1.75. The van der Waals surface area contributed by atoms with E-state index in [0.717, 1.165) is 16.0 Å². The zero-order valence-corrected chi connectivity index (χ0v) is 16.5. The number of benzene rings is 2. The topological polar surface area (TPSA) is 69.9 Å². The van der Waals surface area contributed by atoms with Crippen LogP contribution in [-0.4, -0.2) is 30.2 Å². The van der Waals surface area contributed by atoms with E-state index < -0.39 is 11.9 Å². The summed E-state index contributed by atoms with van der Waals surface area (Å²) in [4.78, 5) is 29.1. The van der Waals surface area contributed by atoms with Crippen LogP contribution in [0.4, 0.5) is 0 Å². The van der Waals surface area contributed by atoms with E-state index in [9.17, 15) is 9.59 Å². The average Bonchev–Trinajstić information content (AvgIpc) is 3.06. The van der Waals surface area contributed by atoms with Gasteiger partial charge in [0.1, 0.15) is 11.3 Å². The Labute approximate surface area is 166 Å². The second kappa shape index (κ2) is 8.67. The Morgan fingerprint density at radius 3 is 2.54 bits per heavy atom. The van der Waals surface area contributed by atoms with Gasteiger partial charge in [-0.15, -0.1) is 6.58 Å². The number of hydrogen-bond donors (Lipinski definition) is 0. The molecule has 28 heavy (non-hydrogen) atoms. The predicted molar refractivity (Wildman–Crippen MR) is 109 cm³/mol. The first-order valence-electron chi connectivity index (χ1n) is 8.72. The molecule has 0 saturated heterocycles. The molecule has 0 spiro atoms. The van der Waals surface area contributed by atoms with Crippen molar-refractivity contribution in [1.82, 2.24) is 4.57 Å². The zero-order chi connectivity index (χ0) is 20.1. The number of carbonyl (C=O) groups excluding carboxylic acids is 2. The van der Waals surface area contributed by atoms with Gasteiger partial charge in [-0.05, 0) is 43.3 Å². The van der Waals surface area contributed by atoms with Crippen molar-refractivity contribution < 1.29 is 19.1 Å². The fraction of sp³-hybridized carbons (Fsp3) is 0.190. The number of ether oxygens (including phenoxy) is 2. The van der Waals surface area contributed by atoms with E-state index in [1.54, 1.807) is 30.3 Å². The van der Waals surface area contributed by atoms with Crippen LogP contribution in [0.2, 0.25) is 0 Å². The second-order valence-corrected chi connectivity index (χ2v) is 6.81. The Kier molecular flexibility index (Phi) is 6.06. The van der Waals surface area contributed by atoms with Gasteiger partial charge >= 0.3 is 5.97 Å². The number of amides is 1. The number of methoxy groups -OCH3 is 1. The van der Waals surface area contributed by atoms with E-state index in [-0.39, 0.29) is 0 Å². The van der Waals surface area contributed by atoms with E-state index in [4.69, 9.17) is 4.74 Å². The first kappa shape index (κ1) is 19.6. The third-order valence-electron chi connectivity index (χ3n) is 4.03. The van der Waals surface area contributed by atoms with Crippen molar-refractivity contribution in [2.24, 2.45) is 4.99 Å². The highest BCUT2D eigenvalue weighted by atomic mass is 32.1. The molecule has 144 valence electrons. The number of aromatic nitrogens is 1. The molecule has 0 aliphatic heterocycles. The second-order valence-electron chi connectivity index (χ2n) is 5.81. The summed E-state index contributed by atoms with van der Waals surface area (Å²) in [5.74, 6) is -0.0964. The number of nitrogens with zero attached hydrogens (tertiary/aromatic N) is 2. The number of para-hydroxylation sites is 1. The average molecular weight is 396 g/mol. The summed E-state index contributed by atoms with van der Waals surface area (Å²) in [5, 5.41) is 0. The number of esters is 1. The number of hydrogen-bond acceptors (Lipinski definition) is 5. The van der Waals surface area contributed by atoms with Crippen LogP contribution in [0.1, 0.15) is 27.6 Å². The molecule has 3 aromatic rings. The largest absolute Gasteiger partial charge is 0.492 e. The van der Waals surface area contributed by atoms with E-state index in [2.05, 4.69) is 16.3 Å². The molecule has 7 heteroatoms. The highest BCUT2D eigenvalue weighted by molar-refractivity contribution is 7.16. The molecule has 0 aliphatic carbocycles. The highest BCUT2D eigenvalue weighted by Gasteiger charge is 2.13. The summed E-state index contributed by atoms with van der Waals surface area (Å²) >= 11 is 1.41. The van der Waals surface area contributed by atoms with E-state index >= 15 is 0 Å². The molecule has 1 amide bonds. The highest BCUT2D eigenvalue weighted by Crippen LogP contribution is 2.27. The lowest BCUT2D eigenvalue weighted by atomic mass is 10.1. The van der Waals surface area contributed by atoms with E-state index in [1.807, 2.05) is 29.7 Å². The Morgan fingerprint density at radius 1 is 1.18 bits per heavy atom. The number of carbonyl (C=O) groups is 2. The van der Waals surface area contributed by atoms with Crippen LogP contribution in [-0.2, 0) is 11.3 Å². The molecule has 1 heterocycles. The monoisotopic (exact) mass is 396 g/mol. The lowest BCUT2D eigenvalue weighted by Crippen LogP contribution is -2.16. The van der Waals surface area contributed by atoms with Crippen LogP contribution in [0.15, 0.2) is 60.1 Å². The number of allylic oxidation sites excluding steroid dienone is 1. The van der Waals surface area contributed by atoms with Crippen molar-refractivity contribution in [3.05, 3.63) is 71.0 Å². The van der Waals surface area contributed by atoms with Gasteiger partial charge in [0.05, 0.1) is 24.0 Å². The maximum Gasteiger partial charge on any atom is 0.337 e. The number of rotatable bonds is 6. The quantitative estimate of drug-likeness (QED) is 0.469. The van der Waals surface area contributed by atoms with Gasteiger partial charge in [0.2, 0.25) is 0 Å². The summed E-state index contributed by atoms with van der Waals surface area (Å²) in [7, 11) is 1.31. The van der Waals surface area contributed by atoms with Crippen LogP contribution >= 0.6 is 11.3 Å². The lowest BCUT2D eigenvalue weighted by molar-refractivity contribution is 0.0600. The molecular weight excluding hydrogens is 376 g/mol. The Morgan fingerprint density at radius 2 is 1.89 bits per heavy atom. The van der Waals surface area contributed by atoms with Crippen LogP contribution in [0, 0.1) is 0 Å². The van der Waals surface area contributed by atoms with Gasteiger partial charge in [0, 0.05) is 12.1 Å². The lowest BCUT2D eigenvalue weighted by Gasteiger charge is -2.08. The van der Waals surface area contributed by atoms with Crippen molar-refractivity contribution in [2.45, 2.75) is 13.5 Å². The van der Waals surface area contributed by atoms with Crippen molar-refractivity contribution in [2.75, 3.05) is 13.7 Å². The van der Waals surface area contributed by atoms with Crippen LogP contribution in [0.3, 0.4) is 0 Å². The molecule has 0 aliphatic rings. The standard InChI is InChI=1S/C21H20N2O4S/c1-4-13-23-18-16(27-5-2)7-6-8-17(18)28-21(23)22-19(24)14-9-11-15(12-10-14)20(25)26-3/h4,6-12H,1,5,13H2,2-3H3. The molecule has 0 fully saturated rings. The molecule has 1 aromatic heterocycles. The normalized spacial score (nSPS) is 11.4. The third kappa shape index (κ3) is 3.89. The predicted octanol–water partition coefficient (Wildman–Crippen LogP) is 3.82. The molecule has 0 unspecified atom stereocenters. The van der Waals surface area contributed by atoms with Gasteiger partial charge in [-0.25, -0.2) is 4.79 Å². The van der Waals surface area contributed by atoms with Crippen LogP contribution in [0.25, 0.3) is 10.2 Å². The first-order valence-corrected chi connectivity index (χ1v) is 9.54. The Hall–Kier alpha value is -3.19. The number of fused-ring (bicyclic) bond motifs is 1. The van der Waals surface area contributed by atoms with E-state index in [1.165, 1.54) is 18.4 Å². The fourth-order valence-electron chi connectivity index (χ4n) is 2.77. The molecule has 6 nitrogen and oxygen atoms in total. The Balaban J connectivity index is 2.06. The van der Waals surface area contributed by atoms with Gasteiger partial charge < -0.3 is 14.0 Å². The molecule has 0 bridgehead atoms. The molecule has 2 aromatic carbocycles. The molecule has 0 N–H and O–H groups in total. The van der Waals surface area contributed by atoms with Crippen molar-refractivity contribution >= 4 is 33.4 Å². The van der Waals surface area contributed by atoms with Crippen molar-refractivity contribution in [3.63, 3.8) is 0 Å². The molecule has 0 saturated carbocycles. The van der Waals surface area contributed by atoms with Gasteiger partial charge in [0.25, 0.3) is 5.91 Å². The first-order chi connectivity index (χ1) is 13.6. The van der Waals surface area contributed by atoms with Crippen LogP contribution < -0.4 is 9.54 Å². The van der Waals surface area contributed by atoms with Crippen molar-refractivity contribution in [1.29, 1.82) is 0 Å². The maximum atomic E-state index is 12.7. The van der Waals surface area contributed by atoms with Crippen LogP contribution in [0.5, 0.6) is 5.75 Å². The summed E-state index contributed by atoms with van der Waals surface area (Å²) in [6.45, 7) is 6.77. The van der Waals surface area contributed by atoms with Crippen molar-refractivity contribution in [3.8, 4) is 5.75 Å². The minimum absolute atomic E-state index is 0.379. The zero-order valence-electron chi connectivity index (χ0n) is 15.7. The summed E-state index contributed by atoms with van der Waals surface area (Å²) < 4.78 is 13.3. The molecule has 3 rings (SSSR count). The summed E-state index contributed by atoms with van der Waals surface area (Å²) in [5.41, 5.74) is 1.66. The summed E-state index contributed by atoms with van der Waals surface area (Å²) in [6, 6.07) is 12.0. The van der Waals surface area contributed by atoms with Gasteiger partial charge in [0.15, 0.2) is 4.80 Å². The molecule has 0 radical (unpaired) electrons. The third-order valence-corrected chi connectivity index (χ3v) is 5.07.